The molecule has 1 aliphatic rings. The number of hydrogen-bond acceptors (Lipinski definition) is 2. The number of carbonyl (C=O) groups is 1. The number of rotatable bonds is 5. The van der Waals surface area contributed by atoms with Crippen molar-refractivity contribution in [2.24, 2.45) is 0 Å². The number of anilines is 1. The maximum absolute atomic E-state index is 13.3. The normalized spacial score (nSPS) is 15.8. The zero-order chi connectivity index (χ0) is 15.2. The Morgan fingerprint density at radius 2 is 1.95 bits per heavy atom. The molecule has 1 saturated carbocycles. The first-order valence-electron chi connectivity index (χ1n) is 7.59. The van der Waals surface area contributed by atoms with Gasteiger partial charge < -0.3 is 10.2 Å². The fourth-order valence-electron chi connectivity index (χ4n) is 2.76. The van der Waals surface area contributed by atoms with Crippen LogP contribution in [0.4, 0.5) is 14.5 Å². The number of nitrogens with one attached hydrogen (secondary N) is 1. The molecule has 1 aromatic rings. The standard InChI is InChI=1S/C16H22F2N2O/c1-2-20(13-8-9-14(17)15(18)10-13)11-16(21)19-12-6-4-3-5-7-12/h8-10,12H,2-7,11H2,1H3,(H,19,21). The summed E-state index contributed by atoms with van der Waals surface area (Å²) in [4.78, 5) is 13.8. The molecule has 5 heteroatoms. The highest BCUT2D eigenvalue weighted by molar-refractivity contribution is 5.81. The second kappa shape index (κ2) is 7.38. The summed E-state index contributed by atoms with van der Waals surface area (Å²) in [5.41, 5.74) is 0.523. The maximum Gasteiger partial charge on any atom is 0.239 e. The van der Waals surface area contributed by atoms with Crippen LogP contribution in [0.1, 0.15) is 39.0 Å². The van der Waals surface area contributed by atoms with Crippen molar-refractivity contribution in [2.45, 2.75) is 45.1 Å². The molecule has 1 N–H and O–H groups in total. The van der Waals surface area contributed by atoms with E-state index in [4.69, 9.17) is 0 Å². The van der Waals surface area contributed by atoms with Gasteiger partial charge in [-0.25, -0.2) is 8.78 Å². The quantitative estimate of drug-likeness (QED) is 0.904. The van der Waals surface area contributed by atoms with E-state index in [0.29, 0.717) is 12.2 Å². The number of benzene rings is 1. The Morgan fingerprint density at radius 1 is 1.24 bits per heavy atom. The second-order valence-electron chi connectivity index (χ2n) is 5.52. The lowest BCUT2D eigenvalue weighted by Gasteiger charge is -2.26. The zero-order valence-electron chi connectivity index (χ0n) is 12.4. The minimum absolute atomic E-state index is 0.0616. The molecule has 0 aliphatic heterocycles. The maximum atomic E-state index is 13.3. The number of hydrogen-bond donors (Lipinski definition) is 1. The zero-order valence-corrected chi connectivity index (χ0v) is 12.4. The van der Waals surface area contributed by atoms with E-state index in [2.05, 4.69) is 5.32 Å². The lowest BCUT2D eigenvalue weighted by atomic mass is 9.95. The Labute approximate surface area is 124 Å². The molecule has 0 radical (unpaired) electrons. The Hall–Kier alpha value is -1.65. The van der Waals surface area contributed by atoms with Crippen molar-refractivity contribution >= 4 is 11.6 Å². The third-order valence-electron chi connectivity index (χ3n) is 3.95. The number of amides is 1. The third kappa shape index (κ3) is 4.41. The van der Waals surface area contributed by atoms with E-state index in [-0.39, 0.29) is 18.5 Å². The van der Waals surface area contributed by atoms with Gasteiger partial charge in [0.2, 0.25) is 5.91 Å². The number of carbonyl (C=O) groups excluding carboxylic acids is 1. The molecule has 0 aromatic heterocycles. The van der Waals surface area contributed by atoms with Gasteiger partial charge in [0, 0.05) is 24.3 Å². The molecule has 0 spiro atoms. The number of likely N-dealkylation sites (N-methyl/N-ethyl adjacent to an activating group) is 1. The first-order valence-corrected chi connectivity index (χ1v) is 7.59. The van der Waals surface area contributed by atoms with Crippen LogP contribution in [0.3, 0.4) is 0 Å². The van der Waals surface area contributed by atoms with E-state index in [9.17, 15) is 13.6 Å². The molecular weight excluding hydrogens is 274 g/mol. The van der Waals surface area contributed by atoms with Gasteiger partial charge >= 0.3 is 0 Å². The van der Waals surface area contributed by atoms with Crippen molar-refractivity contribution in [1.82, 2.24) is 5.32 Å². The summed E-state index contributed by atoms with van der Waals surface area (Å²) in [7, 11) is 0. The van der Waals surface area contributed by atoms with Crippen LogP contribution >= 0.6 is 0 Å². The van der Waals surface area contributed by atoms with E-state index in [0.717, 1.165) is 37.8 Å². The fraction of sp³-hybridized carbons (Fsp3) is 0.562. The summed E-state index contributed by atoms with van der Waals surface area (Å²) in [5, 5.41) is 3.03. The van der Waals surface area contributed by atoms with Crippen LogP contribution in [-0.2, 0) is 4.79 Å². The summed E-state index contributed by atoms with van der Waals surface area (Å²) in [5.74, 6) is -1.83. The van der Waals surface area contributed by atoms with Gasteiger partial charge in [0.05, 0.1) is 6.54 Å². The molecule has 1 aromatic carbocycles. The van der Waals surface area contributed by atoms with E-state index < -0.39 is 11.6 Å². The molecule has 0 heterocycles. The van der Waals surface area contributed by atoms with Crippen molar-refractivity contribution < 1.29 is 13.6 Å². The van der Waals surface area contributed by atoms with Gasteiger partial charge in [-0.1, -0.05) is 19.3 Å². The molecule has 1 fully saturated rings. The van der Waals surface area contributed by atoms with E-state index in [1.54, 1.807) is 4.90 Å². The molecule has 0 unspecified atom stereocenters. The summed E-state index contributed by atoms with van der Waals surface area (Å²) >= 11 is 0. The van der Waals surface area contributed by atoms with Crippen LogP contribution in [0.2, 0.25) is 0 Å². The highest BCUT2D eigenvalue weighted by Crippen LogP contribution is 2.19. The first-order chi connectivity index (χ1) is 10.1. The number of nitrogens with zero attached hydrogens (tertiary/aromatic N) is 1. The van der Waals surface area contributed by atoms with Crippen LogP contribution < -0.4 is 10.2 Å². The molecule has 1 amide bonds. The molecule has 2 rings (SSSR count). The molecule has 1 aliphatic carbocycles. The smallest absolute Gasteiger partial charge is 0.239 e. The number of halogens is 2. The molecule has 0 atom stereocenters. The summed E-state index contributed by atoms with van der Waals surface area (Å²) < 4.78 is 26.2. The van der Waals surface area contributed by atoms with Gasteiger partial charge in [-0.15, -0.1) is 0 Å². The fourth-order valence-corrected chi connectivity index (χ4v) is 2.76. The van der Waals surface area contributed by atoms with Gasteiger partial charge in [-0.05, 0) is 31.9 Å². The largest absolute Gasteiger partial charge is 0.362 e. The lowest BCUT2D eigenvalue weighted by Crippen LogP contribution is -2.43. The molecule has 0 saturated heterocycles. The van der Waals surface area contributed by atoms with Crippen LogP contribution in [0.25, 0.3) is 0 Å². The van der Waals surface area contributed by atoms with E-state index in [1.807, 2.05) is 6.92 Å². The van der Waals surface area contributed by atoms with Crippen molar-refractivity contribution in [1.29, 1.82) is 0 Å². The Balaban J connectivity index is 1.94. The predicted octanol–water partition coefficient (Wildman–Crippen LogP) is 3.24. The average Bonchev–Trinajstić information content (AvgIpc) is 2.49. The van der Waals surface area contributed by atoms with Crippen molar-refractivity contribution in [3.8, 4) is 0 Å². The summed E-state index contributed by atoms with van der Waals surface area (Å²) in [6.45, 7) is 2.61. The van der Waals surface area contributed by atoms with Crippen molar-refractivity contribution in [3.63, 3.8) is 0 Å². The van der Waals surface area contributed by atoms with Gasteiger partial charge in [-0.2, -0.15) is 0 Å². The van der Waals surface area contributed by atoms with E-state index in [1.165, 1.54) is 12.5 Å². The Kier molecular flexibility index (Phi) is 5.53. The highest BCUT2D eigenvalue weighted by atomic mass is 19.2. The van der Waals surface area contributed by atoms with Crippen LogP contribution in [-0.4, -0.2) is 25.0 Å². The van der Waals surface area contributed by atoms with Crippen molar-refractivity contribution in [3.05, 3.63) is 29.8 Å². The minimum Gasteiger partial charge on any atom is -0.362 e. The Bertz CT molecular complexity index is 487. The van der Waals surface area contributed by atoms with E-state index >= 15 is 0 Å². The highest BCUT2D eigenvalue weighted by Gasteiger charge is 2.18. The van der Waals surface area contributed by atoms with Gasteiger partial charge in [0.1, 0.15) is 0 Å². The van der Waals surface area contributed by atoms with Crippen molar-refractivity contribution in [2.75, 3.05) is 18.0 Å². The molecular formula is C16H22F2N2O. The predicted molar refractivity (Wildman–Crippen MR) is 79.3 cm³/mol. The third-order valence-corrected chi connectivity index (χ3v) is 3.95. The SMILES string of the molecule is CCN(CC(=O)NC1CCCCC1)c1ccc(F)c(F)c1. The minimum atomic E-state index is -0.890. The molecule has 21 heavy (non-hydrogen) atoms. The van der Waals surface area contributed by atoms with Crippen LogP contribution in [0.15, 0.2) is 18.2 Å². The monoisotopic (exact) mass is 296 g/mol. The van der Waals surface area contributed by atoms with Gasteiger partial charge in [0.15, 0.2) is 11.6 Å². The average molecular weight is 296 g/mol. The summed E-state index contributed by atoms with van der Waals surface area (Å²) in [6, 6.07) is 3.98. The first kappa shape index (κ1) is 15.7. The van der Waals surface area contributed by atoms with Gasteiger partial charge in [-0.3, -0.25) is 4.79 Å². The van der Waals surface area contributed by atoms with Crippen LogP contribution in [0, 0.1) is 11.6 Å². The van der Waals surface area contributed by atoms with Crippen LogP contribution in [0.5, 0.6) is 0 Å². The lowest BCUT2D eigenvalue weighted by molar-refractivity contribution is -0.120. The molecule has 0 bridgehead atoms. The van der Waals surface area contributed by atoms with Gasteiger partial charge in [0.25, 0.3) is 0 Å². The molecule has 116 valence electrons. The summed E-state index contributed by atoms with van der Waals surface area (Å²) in [6.07, 6.45) is 5.62. The topological polar surface area (TPSA) is 32.3 Å². The Morgan fingerprint density at radius 3 is 2.57 bits per heavy atom. The second-order valence-corrected chi connectivity index (χ2v) is 5.52. The molecule has 3 nitrogen and oxygen atoms in total.